The number of cyclic esters (lactones) is 1. The summed E-state index contributed by atoms with van der Waals surface area (Å²) in [6.45, 7) is 4.13. The zero-order valence-corrected chi connectivity index (χ0v) is 20.9. The molecule has 192 valence electrons. The van der Waals surface area contributed by atoms with Gasteiger partial charge in [-0.2, -0.15) is 0 Å². The van der Waals surface area contributed by atoms with Crippen LogP contribution in [0.15, 0.2) is 41.2 Å². The van der Waals surface area contributed by atoms with Crippen LogP contribution in [0.5, 0.6) is 0 Å². The summed E-state index contributed by atoms with van der Waals surface area (Å²) < 4.78 is 12.4. The Labute approximate surface area is 213 Å². The molecule has 0 spiro atoms. The van der Waals surface area contributed by atoms with Gasteiger partial charge in [0.25, 0.3) is 5.56 Å². The van der Waals surface area contributed by atoms with E-state index in [1.165, 1.54) is 4.90 Å². The number of Topliss-reactive ketones (excluding diaryl/α,β-unsaturated/α-hetero) is 1. The second-order valence-corrected chi connectivity index (χ2v) is 9.56. The quantitative estimate of drug-likeness (QED) is 0.381. The maximum atomic E-state index is 13.4. The van der Waals surface area contributed by atoms with Crippen molar-refractivity contribution in [3.05, 3.63) is 63.4 Å². The Bertz CT molecular complexity index is 1480. The van der Waals surface area contributed by atoms with Crippen molar-refractivity contribution in [2.45, 2.75) is 33.1 Å². The summed E-state index contributed by atoms with van der Waals surface area (Å²) in [5.41, 5.74) is 3.13. The van der Waals surface area contributed by atoms with Gasteiger partial charge in [0.2, 0.25) is 6.10 Å². The van der Waals surface area contributed by atoms with Crippen molar-refractivity contribution in [2.75, 3.05) is 26.7 Å². The molecule has 0 bridgehead atoms. The molecule has 2 aliphatic heterocycles. The lowest BCUT2D eigenvalue weighted by atomic mass is 10.00. The number of nitrogens with one attached hydrogen (secondary N) is 1. The number of ketones is 1. The van der Waals surface area contributed by atoms with Gasteiger partial charge in [0, 0.05) is 35.5 Å². The predicted octanol–water partition coefficient (Wildman–Crippen LogP) is 2.41. The van der Waals surface area contributed by atoms with Crippen molar-refractivity contribution in [2.24, 2.45) is 5.92 Å². The fraction of sp³-hybridized carbons (Fsp3) is 0.370. The average molecular weight is 505 g/mol. The first-order valence-electron chi connectivity index (χ1n) is 12.2. The van der Waals surface area contributed by atoms with Crippen LogP contribution in [0, 0.1) is 5.92 Å². The van der Waals surface area contributed by atoms with Crippen molar-refractivity contribution in [1.82, 2.24) is 19.8 Å². The fourth-order valence-electron chi connectivity index (χ4n) is 4.60. The van der Waals surface area contributed by atoms with Gasteiger partial charge in [0.05, 0.1) is 35.6 Å². The van der Waals surface area contributed by atoms with Gasteiger partial charge in [0.15, 0.2) is 5.78 Å². The van der Waals surface area contributed by atoms with E-state index < -0.39 is 18.2 Å². The molecule has 2 aliphatic rings. The number of rotatable bonds is 7. The first-order chi connectivity index (χ1) is 17.8. The molecule has 0 fully saturated rings. The highest BCUT2D eigenvalue weighted by Crippen LogP contribution is 2.36. The smallest absolute Gasteiger partial charge is 0.411 e. The van der Waals surface area contributed by atoms with E-state index in [9.17, 15) is 19.2 Å². The van der Waals surface area contributed by atoms with Crippen LogP contribution >= 0.6 is 0 Å². The summed E-state index contributed by atoms with van der Waals surface area (Å²) in [4.78, 5) is 57.7. The molecule has 4 heterocycles. The van der Waals surface area contributed by atoms with Crippen LogP contribution in [0.25, 0.3) is 22.3 Å². The zero-order chi connectivity index (χ0) is 26.3. The first-order valence-corrected chi connectivity index (χ1v) is 12.2. The van der Waals surface area contributed by atoms with Crippen LogP contribution in [-0.4, -0.2) is 59.0 Å². The third kappa shape index (κ3) is 4.48. The maximum Gasteiger partial charge on any atom is 0.411 e. The third-order valence-electron chi connectivity index (χ3n) is 6.76. The lowest BCUT2D eigenvalue weighted by Crippen LogP contribution is -2.43. The zero-order valence-electron chi connectivity index (χ0n) is 20.9. The van der Waals surface area contributed by atoms with Crippen LogP contribution < -0.4 is 10.9 Å². The second kappa shape index (κ2) is 9.78. The number of aromatic nitrogens is 2. The number of benzene rings is 1. The Kier molecular flexibility index (Phi) is 6.51. The summed E-state index contributed by atoms with van der Waals surface area (Å²) >= 11 is 0. The molecule has 37 heavy (non-hydrogen) atoms. The van der Waals surface area contributed by atoms with E-state index in [1.54, 1.807) is 31.5 Å². The van der Waals surface area contributed by atoms with Gasteiger partial charge < -0.3 is 19.4 Å². The van der Waals surface area contributed by atoms with Crippen molar-refractivity contribution >= 4 is 28.7 Å². The molecule has 10 heteroatoms. The minimum Gasteiger partial charge on any atom is -0.458 e. The Morgan fingerprint density at radius 2 is 2.03 bits per heavy atom. The molecule has 1 atom stereocenters. The van der Waals surface area contributed by atoms with Crippen molar-refractivity contribution in [3.8, 4) is 11.4 Å². The highest BCUT2D eigenvalue weighted by atomic mass is 16.6. The number of carbonyl (C=O) groups excluding carboxylic acids is 3. The molecule has 1 aromatic carbocycles. The van der Waals surface area contributed by atoms with E-state index in [2.05, 4.69) is 5.32 Å². The van der Waals surface area contributed by atoms with Crippen LogP contribution in [0.2, 0.25) is 0 Å². The molecule has 3 aromatic rings. The van der Waals surface area contributed by atoms with E-state index in [4.69, 9.17) is 14.5 Å². The number of pyridine rings is 2. The van der Waals surface area contributed by atoms with E-state index in [0.717, 1.165) is 16.5 Å². The van der Waals surface area contributed by atoms with Gasteiger partial charge in [-0.1, -0.05) is 32.0 Å². The normalized spacial score (nSPS) is 15.7. The van der Waals surface area contributed by atoms with Gasteiger partial charge in [-0.15, -0.1) is 0 Å². The molecule has 1 amide bonds. The Balaban J connectivity index is 1.51. The SMILES string of the molecule is CNCCN(CC(=O)C(C)C)C(=O)O[C@@H]1C(=O)OCc2c1cc1n(c2=O)Cc2cc3ccccc3nc2-1. The third-order valence-corrected chi connectivity index (χ3v) is 6.76. The average Bonchev–Trinajstić information content (AvgIpc) is 3.24. The Morgan fingerprint density at radius 1 is 1.24 bits per heavy atom. The Morgan fingerprint density at radius 3 is 2.78 bits per heavy atom. The first kappa shape index (κ1) is 24.6. The summed E-state index contributed by atoms with van der Waals surface area (Å²) in [5, 5.41) is 3.91. The number of para-hydroxylation sites is 1. The van der Waals surface area contributed by atoms with Gasteiger partial charge in [-0.05, 0) is 25.2 Å². The Hall–Kier alpha value is -4.05. The minimum absolute atomic E-state index is 0.134. The fourth-order valence-corrected chi connectivity index (χ4v) is 4.60. The van der Waals surface area contributed by atoms with Crippen LogP contribution in [0.1, 0.15) is 36.6 Å². The molecule has 1 N–H and O–H groups in total. The van der Waals surface area contributed by atoms with Crippen molar-refractivity contribution < 1.29 is 23.9 Å². The summed E-state index contributed by atoms with van der Waals surface area (Å²) in [6.07, 6.45) is -2.25. The number of likely N-dealkylation sites (N-methyl/N-ethyl adjacent to an activating group) is 1. The number of amides is 1. The van der Waals surface area contributed by atoms with Gasteiger partial charge in [-0.25, -0.2) is 14.6 Å². The molecule has 0 radical (unpaired) electrons. The summed E-state index contributed by atoms with van der Waals surface area (Å²) in [5.74, 6) is -1.17. The van der Waals surface area contributed by atoms with Crippen LogP contribution in [0.4, 0.5) is 4.79 Å². The predicted molar refractivity (Wildman–Crippen MR) is 135 cm³/mol. The molecule has 5 rings (SSSR count). The second-order valence-electron chi connectivity index (χ2n) is 9.56. The number of hydrogen-bond donors (Lipinski definition) is 1. The molecule has 2 aromatic heterocycles. The van der Waals surface area contributed by atoms with Crippen LogP contribution in [-0.2, 0) is 32.2 Å². The minimum atomic E-state index is -1.43. The van der Waals surface area contributed by atoms with Crippen LogP contribution in [0.3, 0.4) is 0 Å². The van der Waals surface area contributed by atoms with Crippen molar-refractivity contribution in [1.29, 1.82) is 0 Å². The van der Waals surface area contributed by atoms with Crippen molar-refractivity contribution in [3.63, 3.8) is 0 Å². The molecule has 0 aliphatic carbocycles. The highest BCUT2D eigenvalue weighted by molar-refractivity contribution is 5.87. The number of esters is 1. The highest BCUT2D eigenvalue weighted by Gasteiger charge is 2.38. The van der Waals surface area contributed by atoms with Gasteiger partial charge in [-0.3, -0.25) is 14.5 Å². The number of nitrogens with zero attached hydrogens (tertiary/aromatic N) is 3. The largest absolute Gasteiger partial charge is 0.458 e. The number of fused-ring (bicyclic) bond motifs is 5. The van der Waals surface area contributed by atoms with E-state index >= 15 is 0 Å². The van der Waals surface area contributed by atoms with E-state index in [-0.39, 0.29) is 48.1 Å². The molecular formula is C27H28N4O6. The molecule has 0 saturated carbocycles. The topological polar surface area (TPSA) is 120 Å². The molecule has 10 nitrogen and oxygen atoms in total. The van der Waals surface area contributed by atoms with Gasteiger partial charge in [0.1, 0.15) is 6.61 Å². The summed E-state index contributed by atoms with van der Waals surface area (Å²) in [6, 6.07) is 11.4. The lowest BCUT2D eigenvalue weighted by Gasteiger charge is -2.28. The summed E-state index contributed by atoms with van der Waals surface area (Å²) in [7, 11) is 1.73. The molecular weight excluding hydrogens is 476 g/mol. The molecule has 0 saturated heterocycles. The van der Waals surface area contributed by atoms with E-state index in [0.29, 0.717) is 24.5 Å². The number of ether oxygens (including phenoxy) is 2. The van der Waals surface area contributed by atoms with Gasteiger partial charge >= 0.3 is 12.1 Å². The number of hydrogen-bond acceptors (Lipinski definition) is 8. The molecule has 0 unspecified atom stereocenters. The lowest BCUT2D eigenvalue weighted by molar-refractivity contribution is -0.158. The number of carbonyl (C=O) groups is 3. The van der Waals surface area contributed by atoms with E-state index in [1.807, 2.05) is 30.3 Å². The standard InChI is InChI=1S/C27H28N4O6/c1-15(2)22(32)13-30(9-8-28-3)27(35)37-24-18-11-21-23-17(10-16-6-4-5-7-20(16)29-23)12-31(21)25(33)19(18)14-36-26(24)34/h4-7,10-11,15,24,28H,8-9,12-14H2,1-3H3/t24-/m0/s1. The monoisotopic (exact) mass is 504 g/mol. The maximum absolute atomic E-state index is 13.4.